The first kappa shape index (κ1) is 40.0. The van der Waals surface area contributed by atoms with Gasteiger partial charge in [0.1, 0.15) is 12.1 Å². The van der Waals surface area contributed by atoms with Gasteiger partial charge in [0.2, 0.25) is 17.6 Å². The lowest BCUT2D eigenvalue weighted by Gasteiger charge is -2.36. The lowest BCUT2D eigenvalue weighted by atomic mass is 9.85. The summed E-state index contributed by atoms with van der Waals surface area (Å²) >= 11 is 1.58. The number of nitrogens with two attached hydrogens (primary N) is 1. The number of ether oxygens (including phenoxy) is 1. The first-order chi connectivity index (χ1) is 23.9. The van der Waals surface area contributed by atoms with Gasteiger partial charge in [-0.25, -0.2) is 15.0 Å². The van der Waals surface area contributed by atoms with E-state index < -0.39 is 35.4 Å². The van der Waals surface area contributed by atoms with Gasteiger partial charge in [-0.2, -0.15) is 0 Å². The van der Waals surface area contributed by atoms with E-state index in [9.17, 15) is 19.5 Å². The number of nitrogens with one attached hydrogen (secondary N) is 2. The summed E-state index contributed by atoms with van der Waals surface area (Å²) in [5.74, 6) is -1.46. The average Bonchev–Trinajstić information content (AvgIpc) is 3.73. The Morgan fingerprint density at radius 2 is 1.75 bits per heavy atom. The van der Waals surface area contributed by atoms with Gasteiger partial charge in [-0.05, 0) is 23.5 Å². The number of hydrogen-bond donors (Lipinski definition) is 4. The molecule has 2 fully saturated rings. The molecule has 51 heavy (non-hydrogen) atoms. The molecule has 5 rings (SSSR count). The monoisotopic (exact) mass is 743 g/mol. The zero-order chi connectivity index (χ0) is 35.8. The van der Waals surface area contributed by atoms with Crippen LogP contribution in [0.4, 0.5) is 5.69 Å². The van der Waals surface area contributed by atoms with Gasteiger partial charge in [0, 0.05) is 58.8 Å². The number of benzene rings is 1. The highest BCUT2D eigenvalue weighted by Crippen LogP contribution is 2.28. The number of likely N-dealkylation sites (tertiary alicyclic amines) is 1. The van der Waals surface area contributed by atoms with Gasteiger partial charge < -0.3 is 36.0 Å². The van der Waals surface area contributed by atoms with Gasteiger partial charge in [-0.3, -0.25) is 19.3 Å². The summed E-state index contributed by atoms with van der Waals surface area (Å²) in [5.41, 5.74) is 10.3. The van der Waals surface area contributed by atoms with E-state index in [1.54, 1.807) is 23.7 Å². The van der Waals surface area contributed by atoms with Crippen molar-refractivity contribution in [3.8, 4) is 10.4 Å². The Hall–Kier alpha value is -3.73. The molecule has 2 saturated heterocycles. The number of thiazole rings is 1. The van der Waals surface area contributed by atoms with Crippen molar-refractivity contribution < 1.29 is 24.2 Å². The number of aromatic nitrogens is 3. The molecule has 278 valence electrons. The normalized spacial score (nSPS) is 18.6. The van der Waals surface area contributed by atoms with Crippen LogP contribution in [-0.2, 0) is 20.9 Å². The smallest absolute Gasteiger partial charge is 0.289 e. The molecule has 5 N–H and O–H groups in total. The maximum absolute atomic E-state index is 14.0. The summed E-state index contributed by atoms with van der Waals surface area (Å²) in [7, 11) is 0. The minimum atomic E-state index is -0.997. The Morgan fingerprint density at radius 3 is 2.35 bits per heavy atom. The lowest BCUT2D eigenvalue weighted by molar-refractivity contribution is -0.142. The van der Waals surface area contributed by atoms with Crippen LogP contribution >= 0.6 is 23.7 Å². The van der Waals surface area contributed by atoms with Crippen LogP contribution in [0.3, 0.4) is 0 Å². The van der Waals surface area contributed by atoms with Crippen LogP contribution in [0.2, 0.25) is 0 Å². The Bertz CT molecular complexity index is 1590. The standard InChI is InChI=1S/C35H49N9O5S.ClH/c1-23-29(50-22-40-23)25-7-5-24(6-8-25)18-39-32(46)28-17-27(45)21-44(28)34(48)30(35(2,3)4)41-33(47)31-37-19-26(20-38-31)43-12-10-42(11-13-43)14-16-49-15-9-36;/h5-8,19-20,22,27-28,30,45H,9-18,21,36H2,1-4H3,(H,39,46)(H,41,47);1H/t27-,28+,30-;/m0./s1. The van der Waals surface area contributed by atoms with Crippen molar-refractivity contribution in [2.75, 3.05) is 63.9 Å². The molecule has 3 amide bonds. The number of aliphatic hydroxyl groups excluding tert-OH is 1. The summed E-state index contributed by atoms with van der Waals surface area (Å²) in [6.07, 6.45) is 2.49. The molecule has 2 aliphatic rings. The van der Waals surface area contributed by atoms with Crippen LogP contribution in [0.5, 0.6) is 0 Å². The van der Waals surface area contributed by atoms with E-state index in [-0.39, 0.29) is 43.6 Å². The number of anilines is 1. The van der Waals surface area contributed by atoms with E-state index in [2.05, 4.69) is 35.4 Å². The number of aryl methyl sites for hydroxylation is 1. The Balaban J connectivity index is 0.00000583. The van der Waals surface area contributed by atoms with Crippen LogP contribution in [0.15, 0.2) is 42.2 Å². The Morgan fingerprint density at radius 1 is 1.06 bits per heavy atom. The van der Waals surface area contributed by atoms with Gasteiger partial charge >= 0.3 is 0 Å². The van der Waals surface area contributed by atoms with Crippen molar-refractivity contribution in [3.05, 3.63) is 59.3 Å². The maximum Gasteiger partial charge on any atom is 0.289 e. The number of β-amino-alcohol motifs (C(OH)–C–C–N with tert-alkyl or cyclic N) is 1. The highest BCUT2D eigenvalue weighted by Gasteiger charge is 2.44. The fourth-order valence-corrected chi connectivity index (χ4v) is 7.00. The average molecular weight is 744 g/mol. The van der Waals surface area contributed by atoms with Crippen LogP contribution in [0, 0.1) is 12.3 Å². The van der Waals surface area contributed by atoms with Crippen molar-refractivity contribution in [2.45, 2.75) is 58.8 Å². The minimum Gasteiger partial charge on any atom is -0.391 e. The second-order valence-corrected chi connectivity index (χ2v) is 14.7. The number of nitrogens with zero attached hydrogens (tertiary/aromatic N) is 6. The summed E-state index contributed by atoms with van der Waals surface area (Å²) in [4.78, 5) is 60.7. The van der Waals surface area contributed by atoms with Crippen molar-refractivity contribution in [3.63, 3.8) is 0 Å². The first-order valence-corrected chi connectivity index (χ1v) is 18.0. The quantitative estimate of drug-likeness (QED) is 0.188. The number of rotatable bonds is 13. The van der Waals surface area contributed by atoms with Crippen molar-refractivity contribution >= 4 is 47.2 Å². The van der Waals surface area contributed by atoms with Gasteiger partial charge in [0.15, 0.2) is 0 Å². The number of amides is 3. The topological polar surface area (TPSA) is 179 Å². The van der Waals surface area contributed by atoms with Crippen molar-refractivity contribution in [1.29, 1.82) is 0 Å². The highest BCUT2D eigenvalue weighted by molar-refractivity contribution is 7.13. The number of piperazine rings is 1. The van der Waals surface area contributed by atoms with Crippen molar-refractivity contribution in [2.24, 2.45) is 11.1 Å². The number of halogens is 1. The lowest BCUT2D eigenvalue weighted by Crippen LogP contribution is -2.57. The Kier molecular flexibility index (Phi) is 14.3. The summed E-state index contributed by atoms with van der Waals surface area (Å²) in [6, 6.07) is 6.01. The zero-order valence-corrected chi connectivity index (χ0v) is 31.3. The third-order valence-electron chi connectivity index (χ3n) is 9.07. The van der Waals surface area contributed by atoms with E-state index in [4.69, 9.17) is 10.5 Å². The molecule has 0 unspecified atom stereocenters. The van der Waals surface area contributed by atoms with Crippen LogP contribution in [0.1, 0.15) is 49.1 Å². The summed E-state index contributed by atoms with van der Waals surface area (Å²) in [6.45, 7) is 13.6. The Labute approximate surface area is 309 Å². The largest absolute Gasteiger partial charge is 0.391 e. The van der Waals surface area contributed by atoms with Gasteiger partial charge in [0.25, 0.3) is 5.91 Å². The van der Waals surface area contributed by atoms with Gasteiger partial charge in [-0.15, -0.1) is 23.7 Å². The van der Waals surface area contributed by atoms with E-state index in [0.29, 0.717) is 19.8 Å². The number of carbonyl (C=O) groups excluding carboxylic acids is 3. The summed E-state index contributed by atoms with van der Waals surface area (Å²) in [5, 5.41) is 16.3. The molecule has 14 nitrogen and oxygen atoms in total. The molecule has 3 aromatic rings. The second-order valence-electron chi connectivity index (χ2n) is 13.8. The van der Waals surface area contributed by atoms with Gasteiger partial charge in [0.05, 0.1) is 53.5 Å². The van der Waals surface area contributed by atoms with Crippen LogP contribution in [-0.4, -0.2) is 125 Å². The molecule has 0 spiro atoms. The highest BCUT2D eigenvalue weighted by atomic mass is 35.5. The minimum absolute atomic E-state index is 0. The van der Waals surface area contributed by atoms with Gasteiger partial charge in [-0.1, -0.05) is 45.0 Å². The van der Waals surface area contributed by atoms with E-state index in [1.807, 2.05) is 57.5 Å². The molecule has 3 atom stereocenters. The first-order valence-electron chi connectivity index (χ1n) is 17.1. The zero-order valence-electron chi connectivity index (χ0n) is 29.7. The molecule has 0 saturated carbocycles. The maximum atomic E-state index is 14.0. The fourth-order valence-electron chi connectivity index (χ4n) is 6.19. The SMILES string of the molecule is Cc1ncsc1-c1ccc(CNC(=O)[C@H]2C[C@H](O)CN2C(=O)[C@H](NC(=O)c2ncc(N3CCN(CCOCCN)CC3)cn2)C(C)(C)C)cc1.Cl. The van der Waals surface area contributed by atoms with E-state index >= 15 is 0 Å². The molecule has 0 radical (unpaired) electrons. The van der Waals surface area contributed by atoms with E-state index in [0.717, 1.165) is 60.1 Å². The molecule has 2 aliphatic heterocycles. The number of hydrogen-bond acceptors (Lipinski definition) is 12. The number of carbonyl (C=O) groups is 3. The number of aliphatic hydroxyl groups is 1. The second kappa shape index (κ2) is 18.2. The molecular formula is C35H50ClN9O5S. The molecule has 0 aliphatic carbocycles. The molecule has 0 bridgehead atoms. The summed E-state index contributed by atoms with van der Waals surface area (Å²) < 4.78 is 5.49. The van der Waals surface area contributed by atoms with Crippen LogP contribution < -0.4 is 21.3 Å². The van der Waals surface area contributed by atoms with Crippen LogP contribution in [0.25, 0.3) is 10.4 Å². The third-order valence-corrected chi connectivity index (χ3v) is 10.1. The predicted molar refractivity (Wildman–Crippen MR) is 199 cm³/mol. The molecular weight excluding hydrogens is 694 g/mol. The van der Waals surface area contributed by atoms with E-state index in [1.165, 1.54) is 4.90 Å². The molecule has 4 heterocycles. The molecule has 2 aromatic heterocycles. The molecule has 16 heteroatoms. The molecule has 1 aromatic carbocycles. The third kappa shape index (κ3) is 10.4. The predicted octanol–water partition coefficient (Wildman–Crippen LogP) is 1.85. The van der Waals surface area contributed by atoms with Crippen molar-refractivity contribution in [1.82, 2.24) is 35.4 Å². The fraction of sp³-hybridized carbons (Fsp3) is 0.543.